The zero-order valence-corrected chi connectivity index (χ0v) is 21.1. The summed E-state index contributed by atoms with van der Waals surface area (Å²) < 4.78 is 14.2. The summed E-state index contributed by atoms with van der Waals surface area (Å²) in [7, 11) is 0. The van der Waals surface area contributed by atoms with E-state index in [-0.39, 0.29) is 17.6 Å². The first-order valence-electron chi connectivity index (χ1n) is 12.4. The van der Waals surface area contributed by atoms with Crippen molar-refractivity contribution in [2.24, 2.45) is 5.92 Å². The van der Waals surface area contributed by atoms with Crippen molar-refractivity contribution in [3.05, 3.63) is 84.4 Å². The van der Waals surface area contributed by atoms with Gasteiger partial charge in [0.1, 0.15) is 17.0 Å². The van der Waals surface area contributed by atoms with E-state index in [1.54, 1.807) is 18.5 Å². The van der Waals surface area contributed by atoms with Gasteiger partial charge in [0.2, 0.25) is 5.91 Å². The Hall–Kier alpha value is -4.85. The SMILES string of the molecule is Cc1cc(F)cc(-c2cccc3[nH]c(-c4n[nH]c5ccc(-c6cncc(NC(=O)C(C)C)c6)nc45)cc23)c1. The molecule has 0 aliphatic carbocycles. The molecule has 8 heteroatoms. The highest BCUT2D eigenvalue weighted by molar-refractivity contribution is 6.00. The molecule has 7 nitrogen and oxygen atoms in total. The van der Waals surface area contributed by atoms with Gasteiger partial charge in [0.25, 0.3) is 0 Å². The molecule has 0 saturated carbocycles. The molecule has 1 amide bonds. The molecule has 2 aromatic carbocycles. The maximum atomic E-state index is 14.2. The van der Waals surface area contributed by atoms with E-state index in [0.717, 1.165) is 44.4 Å². The van der Waals surface area contributed by atoms with Crippen molar-refractivity contribution >= 4 is 33.5 Å². The van der Waals surface area contributed by atoms with Crippen LogP contribution in [0.1, 0.15) is 19.4 Å². The zero-order valence-electron chi connectivity index (χ0n) is 21.1. The normalized spacial score (nSPS) is 11.5. The lowest BCUT2D eigenvalue weighted by molar-refractivity contribution is -0.118. The Labute approximate surface area is 218 Å². The summed E-state index contributed by atoms with van der Waals surface area (Å²) in [6.45, 7) is 5.57. The molecule has 0 saturated heterocycles. The lowest BCUT2D eigenvalue weighted by atomic mass is 10.00. The minimum atomic E-state index is -0.259. The number of benzene rings is 2. The zero-order chi connectivity index (χ0) is 26.4. The number of carbonyl (C=O) groups is 1. The van der Waals surface area contributed by atoms with Crippen molar-refractivity contribution in [1.29, 1.82) is 0 Å². The molecule has 4 heterocycles. The highest BCUT2D eigenvalue weighted by Gasteiger charge is 2.16. The van der Waals surface area contributed by atoms with Crippen molar-refractivity contribution in [1.82, 2.24) is 25.1 Å². The number of pyridine rings is 2. The van der Waals surface area contributed by atoms with Crippen LogP contribution < -0.4 is 5.32 Å². The number of amides is 1. The molecule has 0 radical (unpaired) electrons. The van der Waals surface area contributed by atoms with Gasteiger partial charge in [0.05, 0.1) is 28.8 Å². The van der Waals surface area contributed by atoms with Crippen LogP contribution in [0.4, 0.5) is 10.1 Å². The fourth-order valence-corrected chi connectivity index (χ4v) is 4.61. The second kappa shape index (κ2) is 9.23. The smallest absolute Gasteiger partial charge is 0.226 e. The van der Waals surface area contributed by atoms with Crippen LogP contribution in [0.2, 0.25) is 0 Å². The second-order valence-electron chi connectivity index (χ2n) is 9.74. The first-order valence-corrected chi connectivity index (χ1v) is 12.4. The third-order valence-corrected chi connectivity index (χ3v) is 6.51. The highest BCUT2D eigenvalue weighted by Crippen LogP contribution is 2.35. The molecular formula is C30H25FN6O. The van der Waals surface area contributed by atoms with Gasteiger partial charge in [-0.05, 0) is 66.1 Å². The molecule has 0 spiro atoms. The number of aryl methyl sites for hydroxylation is 1. The molecule has 6 aromatic rings. The Kier molecular flexibility index (Phi) is 5.72. The number of rotatable bonds is 5. The number of aromatic amines is 2. The number of hydrogen-bond donors (Lipinski definition) is 3. The third kappa shape index (κ3) is 4.30. The molecule has 0 aliphatic heterocycles. The Morgan fingerprint density at radius 3 is 2.66 bits per heavy atom. The number of nitrogens with one attached hydrogen (secondary N) is 3. The molecule has 38 heavy (non-hydrogen) atoms. The minimum Gasteiger partial charge on any atom is -0.353 e. The van der Waals surface area contributed by atoms with Crippen LogP contribution in [0.15, 0.2) is 73.1 Å². The maximum Gasteiger partial charge on any atom is 0.226 e. The highest BCUT2D eigenvalue weighted by atomic mass is 19.1. The number of carbonyl (C=O) groups excluding carboxylic acids is 1. The Morgan fingerprint density at radius 1 is 0.974 bits per heavy atom. The van der Waals surface area contributed by atoms with E-state index in [1.165, 1.54) is 6.07 Å². The van der Waals surface area contributed by atoms with Crippen LogP contribution in [0.25, 0.3) is 55.7 Å². The van der Waals surface area contributed by atoms with Crippen LogP contribution in [0.3, 0.4) is 0 Å². The lowest BCUT2D eigenvalue weighted by Crippen LogP contribution is -2.17. The van der Waals surface area contributed by atoms with Gasteiger partial charge in [0, 0.05) is 28.6 Å². The van der Waals surface area contributed by atoms with Gasteiger partial charge in [-0.1, -0.05) is 32.0 Å². The van der Waals surface area contributed by atoms with E-state index < -0.39 is 0 Å². The largest absolute Gasteiger partial charge is 0.353 e. The number of anilines is 1. The fraction of sp³-hybridized carbons (Fsp3) is 0.133. The standard InChI is InChI=1S/C30H25FN6O/c1-16(2)30(38)33-21-12-19(14-32-15-21)24-7-8-26-28(35-24)29(37-36-26)27-13-23-22(5-4-6-25(23)34-27)18-9-17(3)10-20(31)11-18/h4-16,34H,1-3H3,(H,33,38)(H,36,37). The summed E-state index contributed by atoms with van der Waals surface area (Å²) in [6.07, 6.45) is 3.34. The number of halogens is 1. The van der Waals surface area contributed by atoms with Crippen molar-refractivity contribution in [2.45, 2.75) is 20.8 Å². The number of nitrogens with zero attached hydrogens (tertiary/aromatic N) is 3. The van der Waals surface area contributed by atoms with Crippen LogP contribution in [0.5, 0.6) is 0 Å². The molecule has 0 fully saturated rings. The van der Waals surface area contributed by atoms with Crippen molar-refractivity contribution < 1.29 is 9.18 Å². The predicted octanol–water partition coefficient (Wildman–Crippen LogP) is 6.88. The van der Waals surface area contributed by atoms with E-state index in [9.17, 15) is 9.18 Å². The van der Waals surface area contributed by atoms with E-state index in [1.807, 2.05) is 69.3 Å². The molecule has 6 rings (SSSR count). The van der Waals surface area contributed by atoms with E-state index >= 15 is 0 Å². The summed E-state index contributed by atoms with van der Waals surface area (Å²) in [5.74, 6) is -0.468. The van der Waals surface area contributed by atoms with Gasteiger partial charge in [-0.2, -0.15) is 5.10 Å². The number of hydrogen-bond acceptors (Lipinski definition) is 4. The summed E-state index contributed by atoms with van der Waals surface area (Å²) in [5.41, 5.74) is 8.62. The van der Waals surface area contributed by atoms with E-state index in [2.05, 4.69) is 25.5 Å². The second-order valence-corrected chi connectivity index (χ2v) is 9.74. The van der Waals surface area contributed by atoms with E-state index in [4.69, 9.17) is 4.98 Å². The number of aromatic nitrogens is 5. The average Bonchev–Trinajstić information content (AvgIpc) is 3.51. The summed E-state index contributed by atoms with van der Waals surface area (Å²) in [6, 6.07) is 18.7. The molecule has 188 valence electrons. The topological polar surface area (TPSA) is 99.4 Å². The Balaban J connectivity index is 1.42. The minimum absolute atomic E-state index is 0.0731. The average molecular weight is 505 g/mol. The maximum absolute atomic E-state index is 14.2. The number of fused-ring (bicyclic) bond motifs is 2. The van der Waals surface area contributed by atoms with Crippen molar-refractivity contribution in [2.75, 3.05) is 5.32 Å². The molecule has 0 bridgehead atoms. The van der Waals surface area contributed by atoms with Gasteiger partial charge in [-0.15, -0.1) is 0 Å². The van der Waals surface area contributed by atoms with Crippen molar-refractivity contribution in [3.8, 4) is 33.8 Å². The van der Waals surface area contributed by atoms with Crippen LogP contribution in [-0.2, 0) is 4.79 Å². The van der Waals surface area contributed by atoms with Gasteiger partial charge < -0.3 is 10.3 Å². The summed E-state index contributed by atoms with van der Waals surface area (Å²) in [5, 5.41) is 11.5. The van der Waals surface area contributed by atoms with Gasteiger partial charge in [0.15, 0.2) is 0 Å². The molecule has 0 aliphatic rings. The summed E-state index contributed by atoms with van der Waals surface area (Å²) in [4.78, 5) is 24.8. The lowest BCUT2D eigenvalue weighted by Gasteiger charge is -2.08. The quantitative estimate of drug-likeness (QED) is 0.238. The molecule has 0 unspecified atom stereocenters. The fourth-order valence-electron chi connectivity index (χ4n) is 4.61. The molecular weight excluding hydrogens is 479 g/mol. The van der Waals surface area contributed by atoms with Crippen LogP contribution in [-0.4, -0.2) is 31.1 Å². The molecule has 4 aromatic heterocycles. The van der Waals surface area contributed by atoms with Gasteiger partial charge in [-0.25, -0.2) is 9.37 Å². The Morgan fingerprint density at radius 2 is 1.84 bits per heavy atom. The van der Waals surface area contributed by atoms with Crippen LogP contribution in [0, 0.1) is 18.7 Å². The Bertz CT molecular complexity index is 1810. The monoisotopic (exact) mass is 504 g/mol. The predicted molar refractivity (Wildman–Crippen MR) is 148 cm³/mol. The van der Waals surface area contributed by atoms with Crippen LogP contribution >= 0.6 is 0 Å². The summed E-state index contributed by atoms with van der Waals surface area (Å²) >= 11 is 0. The molecule has 0 atom stereocenters. The number of H-pyrrole nitrogens is 2. The molecule has 3 N–H and O–H groups in total. The van der Waals surface area contributed by atoms with Gasteiger partial charge >= 0.3 is 0 Å². The first-order chi connectivity index (χ1) is 18.4. The third-order valence-electron chi connectivity index (χ3n) is 6.51. The first kappa shape index (κ1) is 23.5. The van der Waals surface area contributed by atoms with Gasteiger partial charge in [-0.3, -0.25) is 14.9 Å². The van der Waals surface area contributed by atoms with Crippen molar-refractivity contribution in [3.63, 3.8) is 0 Å². The van der Waals surface area contributed by atoms with E-state index in [0.29, 0.717) is 22.6 Å².